The smallest absolute Gasteiger partial charge is 0.171 e. The Morgan fingerprint density at radius 2 is 2.27 bits per heavy atom. The summed E-state index contributed by atoms with van der Waals surface area (Å²) >= 11 is 5.80. The molecule has 3 nitrogen and oxygen atoms in total. The lowest BCUT2D eigenvalue weighted by Crippen LogP contribution is -2.04. The third-order valence-corrected chi connectivity index (χ3v) is 2.36. The SMILES string of the molecule is COc1c(Cl)cc(O)c(F)c1CCCN. The van der Waals surface area contributed by atoms with Crippen LogP contribution in [-0.4, -0.2) is 18.8 Å². The third-order valence-electron chi connectivity index (χ3n) is 2.08. The van der Waals surface area contributed by atoms with E-state index in [1.54, 1.807) is 0 Å². The molecule has 0 spiro atoms. The molecule has 84 valence electrons. The molecular formula is C10H13ClFNO2. The Balaban J connectivity index is 3.18. The molecule has 1 aromatic carbocycles. The zero-order chi connectivity index (χ0) is 11.4. The summed E-state index contributed by atoms with van der Waals surface area (Å²) in [6.07, 6.45) is 0.993. The Morgan fingerprint density at radius 3 is 2.80 bits per heavy atom. The van der Waals surface area contributed by atoms with E-state index < -0.39 is 11.6 Å². The molecule has 0 radical (unpaired) electrons. The van der Waals surface area contributed by atoms with Gasteiger partial charge in [0, 0.05) is 11.6 Å². The summed E-state index contributed by atoms with van der Waals surface area (Å²) in [4.78, 5) is 0. The molecule has 15 heavy (non-hydrogen) atoms. The Kier molecular flexibility index (Phi) is 4.17. The van der Waals surface area contributed by atoms with Crippen LogP contribution in [0, 0.1) is 5.82 Å². The van der Waals surface area contributed by atoms with E-state index in [1.807, 2.05) is 0 Å². The van der Waals surface area contributed by atoms with E-state index in [2.05, 4.69) is 0 Å². The third kappa shape index (κ3) is 2.52. The topological polar surface area (TPSA) is 55.5 Å². The quantitative estimate of drug-likeness (QED) is 0.837. The highest BCUT2D eigenvalue weighted by Gasteiger charge is 2.17. The van der Waals surface area contributed by atoms with Crippen molar-refractivity contribution in [1.29, 1.82) is 0 Å². The second-order valence-electron chi connectivity index (χ2n) is 3.10. The molecule has 0 saturated carbocycles. The molecule has 0 unspecified atom stereocenters. The second kappa shape index (κ2) is 5.19. The lowest BCUT2D eigenvalue weighted by Gasteiger charge is -2.12. The van der Waals surface area contributed by atoms with Crippen molar-refractivity contribution in [3.05, 3.63) is 22.5 Å². The van der Waals surface area contributed by atoms with E-state index in [4.69, 9.17) is 22.1 Å². The molecule has 0 amide bonds. The Hall–Kier alpha value is -1.00. The van der Waals surface area contributed by atoms with Crippen molar-refractivity contribution in [1.82, 2.24) is 0 Å². The van der Waals surface area contributed by atoms with Crippen molar-refractivity contribution >= 4 is 11.6 Å². The van der Waals surface area contributed by atoms with Crippen LogP contribution in [0.5, 0.6) is 11.5 Å². The second-order valence-corrected chi connectivity index (χ2v) is 3.50. The molecule has 0 heterocycles. The Bertz CT molecular complexity index is 358. The van der Waals surface area contributed by atoms with Gasteiger partial charge < -0.3 is 15.6 Å². The van der Waals surface area contributed by atoms with E-state index in [1.165, 1.54) is 7.11 Å². The van der Waals surface area contributed by atoms with Crippen molar-refractivity contribution in [2.45, 2.75) is 12.8 Å². The van der Waals surface area contributed by atoms with Gasteiger partial charge in [-0.3, -0.25) is 0 Å². The molecular weight excluding hydrogens is 221 g/mol. The average molecular weight is 234 g/mol. The summed E-state index contributed by atoms with van der Waals surface area (Å²) in [5, 5.41) is 9.45. The standard InChI is InChI=1S/C10H13ClFNO2/c1-15-10-6(3-2-4-13)9(12)8(14)5-7(10)11/h5,14H,2-4,13H2,1H3. The fourth-order valence-electron chi connectivity index (χ4n) is 1.37. The van der Waals surface area contributed by atoms with Gasteiger partial charge in [-0.05, 0) is 19.4 Å². The first-order valence-corrected chi connectivity index (χ1v) is 4.93. The maximum Gasteiger partial charge on any atom is 0.171 e. The summed E-state index contributed by atoms with van der Waals surface area (Å²) in [5.74, 6) is -0.891. The van der Waals surface area contributed by atoms with Gasteiger partial charge in [0.2, 0.25) is 0 Å². The first kappa shape index (κ1) is 12.1. The lowest BCUT2D eigenvalue weighted by atomic mass is 10.1. The summed E-state index contributed by atoms with van der Waals surface area (Å²) in [6, 6.07) is 1.13. The van der Waals surface area contributed by atoms with Crippen LogP contribution in [0.1, 0.15) is 12.0 Å². The first-order chi connectivity index (χ1) is 7.11. The summed E-state index contributed by atoms with van der Waals surface area (Å²) in [6.45, 7) is 0.440. The van der Waals surface area contributed by atoms with Gasteiger partial charge >= 0.3 is 0 Å². The van der Waals surface area contributed by atoms with Gasteiger partial charge in [-0.15, -0.1) is 0 Å². The first-order valence-electron chi connectivity index (χ1n) is 4.55. The minimum atomic E-state index is -0.690. The highest BCUT2D eigenvalue weighted by molar-refractivity contribution is 6.32. The number of rotatable bonds is 4. The normalized spacial score (nSPS) is 10.4. The van der Waals surface area contributed by atoms with Crippen molar-refractivity contribution in [2.24, 2.45) is 5.73 Å². The zero-order valence-corrected chi connectivity index (χ0v) is 9.14. The highest BCUT2D eigenvalue weighted by atomic mass is 35.5. The number of benzene rings is 1. The van der Waals surface area contributed by atoms with Crippen LogP contribution >= 0.6 is 11.6 Å². The number of aromatic hydroxyl groups is 1. The Labute approximate surface area is 92.6 Å². The maximum atomic E-state index is 13.5. The van der Waals surface area contributed by atoms with Gasteiger partial charge in [0.05, 0.1) is 12.1 Å². The van der Waals surface area contributed by atoms with Gasteiger partial charge in [-0.1, -0.05) is 11.6 Å². The van der Waals surface area contributed by atoms with E-state index in [-0.39, 0.29) is 16.3 Å². The zero-order valence-electron chi connectivity index (χ0n) is 8.39. The van der Waals surface area contributed by atoms with Gasteiger partial charge in [0.15, 0.2) is 11.6 Å². The molecule has 0 aromatic heterocycles. The van der Waals surface area contributed by atoms with Crippen molar-refractivity contribution in [3.63, 3.8) is 0 Å². The summed E-state index contributed by atoms with van der Waals surface area (Å²) < 4.78 is 18.5. The number of nitrogens with two attached hydrogens (primary N) is 1. The largest absolute Gasteiger partial charge is 0.505 e. The molecule has 1 aromatic rings. The van der Waals surface area contributed by atoms with Crippen LogP contribution in [0.2, 0.25) is 5.02 Å². The van der Waals surface area contributed by atoms with Gasteiger partial charge in [-0.25, -0.2) is 4.39 Å². The summed E-state index contributed by atoms with van der Waals surface area (Å²) in [5.41, 5.74) is 5.61. The van der Waals surface area contributed by atoms with Crippen molar-refractivity contribution < 1.29 is 14.2 Å². The van der Waals surface area contributed by atoms with Gasteiger partial charge in [0.1, 0.15) is 5.75 Å². The maximum absolute atomic E-state index is 13.5. The van der Waals surface area contributed by atoms with Crippen LogP contribution in [0.15, 0.2) is 6.07 Å². The number of hydrogen-bond acceptors (Lipinski definition) is 3. The van der Waals surface area contributed by atoms with Crippen molar-refractivity contribution in [2.75, 3.05) is 13.7 Å². The highest BCUT2D eigenvalue weighted by Crippen LogP contribution is 2.36. The fourth-order valence-corrected chi connectivity index (χ4v) is 1.66. The minimum Gasteiger partial charge on any atom is -0.505 e. The van der Waals surface area contributed by atoms with E-state index in [9.17, 15) is 9.50 Å². The van der Waals surface area contributed by atoms with E-state index in [0.717, 1.165) is 6.07 Å². The Morgan fingerprint density at radius 1 is 1.60 bits per heavy atom. The number of phenols is 1. The number of halogens is 2. The van der Waals surface area contributed by atoms with Crippen LogP contribution in [0.3, 0.4) is 0 Å². The monoisotopic (exact) mass is 233 g/mol. The van der Waals surface area contributed by atoms with Crippen molar-refractivity contribution in [3.8, 4) is 11.5 Å². The lowest BCUT2D eigenvalue weighted by molar-refractivity contribution is 0.390. The number of hydrogen-bond donors (Lipinski definition) is 2. The number of phenolic OH excluding ortho intramolecular Hbond substituents is 1. The van der Waals surface area contributed by atoms with Crippen LogP contribution < -0.4 is 10.5 Å². The summed E-state index contributed by atoms with van der Waals surface area (Å²) in [7, 11) is 1.41. The van der Waals surface area contributed by atoms with E-state index >= 15 is 0 Å². The molecule has 0 aliphatic carbocycles. The molecule has 0 aliphatic heterocycles. The van der Waals surface area contributed by atoms with Crippen LogP contribution in [-0.2, 0) is 6.42 Å². The molecule has 0 bridgehead atoms. The van der Waals surface area contributed by atoms with Gasteiger partial charge in [-0.2, -0.15) is 0 Å². The minimum absolute atomic E-state index is 0.198. The number of ether oxygens (including phenoxy) is 1. The predicted octanol–water partition coefficient (Wildman–Crippen LogP) is 2.08. The predicted molar refractivity (Wildman–Crippen MR) is 57.0 cm³/mol. The molecule has 3 N–H and O–H groups in total. The molecule has 0 aliphatic rings. The average Bonchev–Trinajstić information content (AvgIpc) is 2.21. The molecule has 0 atom stereocenters. The molecule has 1 rings (SSSR count). The van der Waals surface area contributed by atoms with Crippen LogP contribution in [0.25, 0.3) is 0 Å². The van der Waals surface area contributed by atoms with Crippen LogP contribution in [0.4, 0.5) is 4.39 Å². The van der Waals surface area contributed by atoms with E-state index in [0.29, 0.717) is 19.4 Å². The molecule has 0 fully saturated rings. The number of methoxy groups -OCH3 is 1. The van der Waals surface area contributed by atoms with Gasteiger partial charge in [0.25, 0.3) is 0 Å². The fraction of sp³-hybridized carbons (Fsp3) is 0.400. The molecule has 0 saturated heterocycles. The molecule has 5 heteroatoms.